The molecule has 0 aliphatic heterocycles. The summed E-state index contributed by atoms with van der Waals surface area (Å²) in [5, 5.41) is 0.726. The monoisotopic (exact) mass is 283 g/mol. The average molecular weight is 283 g/mol. The van der Waals surface area contributed by atoms with E-state index < -0.39 is 0 Å². The minimum atomic E-state index is 0.726. The van der Waals surface area contributed by atoms with Crippen molar-refractivity contribution in [3.63, 3.8) is 0 Å². The number of hydrogen-bond donors (Lipinski definition) is 1. The lowest BCUT2D eigenvalue weighted by atomic mass is 10.2. The Morgan fingerprint density at radius 2 is 1.75 bits per heavy atom. The fourth-order valence-electron chi connectivity index (χ4n) is 1.66. The quantitative estimate of drug-likeness (QED) is 0.838. The third-order valence-electron chi connectivity index (χ3n) is 2.68. The van der Waals surface area contributed by atoms with E-state index in [2.05, 4.69) is 6.58 Å². The van der Waals surface area contributed by atoms with E-state index in [4.69, 9.17) is 10.5 Å². The molecule has 0 aromatic heterocycles. The molecule has 0 radical (unpaired) electrons. The maximum absolute atomic E-state index is 5.91. The molecule has 20 heavy (non-hydrogen) atoms. The van der Waals surface area contributed by atoms with Crippen molar-refractivity contribution in [2.45, 2.75) is 6.92 Å². The van der Waals surface area contributed by atoms with Gasteiger partial charge in [-0.1, -0.05) is 60.8 Å². The molecule has 0 unspecified atom stereocenters. The molecule has 2 nitrogen and oxygen atoms in total. The summed E-state index contributed by atoms with van der Waals surface area (Å²) in [5.74, 6) is 1.58. The van der Waals surface area contributed by atoms with Crippen LogP contribution in [0, 0.1) is 0 Å². The summed E-state index contributed by atoms with van der Waals surface area (Å²) < 4.78 is 5.91. The molecule has 0 aliphatic rings. The molecule has 0 heterocycles. The molecule has 0 atom stereocenters. The Balaban J connectivity index is 2.24. The van der Waals surface area contributed by atoms with E-state index in [1.165, 1.54) is 11.8 Å². The van der Waals surface area contributed by atoms with E-state index in [-0.39, 0.29) is 0 Å². The van der Waals surface area contributed by atoms with Gasteiger partial charge in [-0.25, -0.2) is 0 Å². The van der Waals surface area contributed by atoms with Crippen molar-refractivity contribution in [3.05, 3.63) is 77.8 Å². The molecule has 3 heteroatoms. The van der Waals surface area contributed by atoms with Crippen molar-refractivity contribution in [2.24, 2.45) is 5.73 Å². The van der Waals surface area contributed by atoms with Crippen LogP contribution in [0.15, 0.2) is 72.3 Å². The highest BCUT2D eigenvalue weighted by molar-refractivity contribution is 8.11. The molecule has 0 saturated carbocycles. The van der Waals surface area contributed by atoms with Gasteiger partial charge in [-0.15, -0.1) is 0 Å². The molecule has 2 aromatic rings. The zero-order chi connectivity index (χ0) is 14.4. The summed E-state index contributed by atoms with van der Waals surface area (Å²) in [7, 11) is 0. The summed E-state index contributed by atoms with van der Waals surface area (Å²) in [4.78, 5) is 0.868. The third-order valence-corrected chi connectivity index (χ3v) is 3.62. The Morgan fingerprint density at radius 1 is 1.10 bits per heavy atom. The van der Waals surface area contributed by atoms with Gasteiger partial charge in [0, 0.05) is 10.5 Å². The molecular formula is C17H17NOS. The van der Waals surface area contributed by atoms with Gasteiger partial charge >= 0.3 is 0 Å². The molecule has 0 fully saturated rings. The van der Waals surface area contributed by atoms with Crippen LogP contribution in [-0.2, 0) is 0 Å². The zero-order valence-corrected chi connectivity index (χ0v) is 12.2. The van der Waals surface area contributed by atoms with Gasteiger partial charge in [-0.2, -0.15) is 0 Å². The van der Waals surface area contributed by atoms with E-state index >= 15 is 0 Å². The lowest BCUT2D eigenvalue weighted by molar-refractivity contribution is 0.481. The van der Waals surface area contributed by atoms with Crippen molar-refractivity contribution < 1.29 is 4.74 Å². The molecule has 2 rings (SSSR count). The van der Waals surface area contributed by atoms with Crippen molar-refractivity contribution in [3.8, 4) is 11.5 Å². The first-order valence-electron chi connectivity index (χ1n) is 6.31. The van der Waals surface area contributed by atoms with Crippen LogP contribution in [0.3, 0.4) is 0 Å². The van der Waals surface area contributed by atoms with Crippen LogP contribution < -0.4 is 10.5 Å². The van der Waals surface area contributed by atoms with Gasteiger partial charge in [0.1, 0.15) is 11.5 Å². The van der Waals surface area contributed by atoms with E-state index in [0.29, 0.717) is 0 Å². The minimum absolute atomic E-state index is 0.726. The Labute approximate surface area is 124 Å². The minimum Gasteiger partial charge on any atom is -0.457 e. The number of rotatable bonds is 5. The number of para-hydroxylation sites is 2. The molecule has 2 aromatic carbocycles. The van der Waals surface area contributed by atoms with Crippen molar-refractivity contribution in [2.75, 3.05) is 0 Å². The fraction of sp³-hybridized carbons (Fsp3) is 0.0588. The van der Waals surface area contributed by atoms with Crippen LogP contribution >= 0.6 is 11.8 Å². The summed E-state index contributed by atoms with van der Waals surface area (Å²) >= 11 is 1.44. The van der Waals surface area contributed by atoms with E-state index in [1.54, 1.807) is 0 Å². The first-order chi connectivity index (χ1) is 9.70. The maximum atomic E-state index is 5.91. The van der Waals surface area contributed by atoms with Crippen molar-refractivity contribution in [1.82, 2.24) is 0 Å². The third kappa shape index (κ3) is 3.68. The van der Waals surface area contributed by atoms with Gasteiger partial charge in [0.05, 0.1) is 5.03 Å². The standard InChI is InChI=1S/C17H17NOS/c1-3-17(18)20-13(2)15-11-7-8-12-16(15)19-14-9-5-4-6-10-14/h3-12H,2,18H2,1H3/b17-3-. The Hall–Kier alpha value is -2.13. The average Bonchev–Trinajstić information content (AvgIpc) is 2.48. The van der Waals surface area contributed by atoms with Crippen LogP contribution in [0.25, 0.3) is 4.91 Å². The molecule has 102 valence electrons. The van der Waals surface area contributed by atoms with Crippen molar-refractivity contribution >= 4 is 16.7 Å². The zero-order valence-electron chi connectivity index (χ0n) is 11.4. The highest BCUT2D eigenvalue weighted by atomic mass is 32.2. The van der Waals surface area contributed by atoms with Gasteiger partial charge in [-0.05, 0) is 25.1 Å². The lowest BCUT2D eigenvalue weighted by Gasteiger charge is -2.12. The number of allylic oxidation sites excluding steroid dienone is 1. The normalized spacial score (nSPS) is 11.2. The van der Waals surface area contributed by atoms with Gasteiger partial charge in [0.15, 0.2) is 0 Å². The Morgan fingerprint density at radius 3 is 2.45 bits per heavy atom. The van der Waals surface area contributed by atoms with Gasteiger partial charge in [-0.3, -0.25) is 0 Å². The molecule has 0 amide bonds. The smallest absolute Gasteiger partial charge is 0.135 e. The predicted octanol–water partition coefficient (Wildman–Crippen LogP) is 5.00. The first kappa shape index (κ1) is 14.3. The highest BCUT2D eigenvalue weighted by Crippen LogP contribution is 2.36. The number of nitrogens with two attached hydrogens (primary N) is 1. The van der Waals surface area contributed by atoms with Crippen molar-refractivity contribution in [1.29, 1.82) is 0 Å². The Bertz CT molecular complexity index is 620. The summed E-state index contributed by atoms with van der Waals surface area (Å²) in [5.41, 5.74) is 6.79. The van der Waals surface area contributed by atoms with Gasteiger partial charge < -0.3 is 10.5 Å². The number of hydrogen-bond acceptors (Lipinski definition) is 3. The number of benzene rings is 2. The van der Waals surface area contributed by atoms with Crippen LogP contribution in [0.5, 0.6) is 11.5 Å². The number of ether oxygens (including phenoxy) is 1. The molecule has 2 N–H and O–H groups in total. The number of thioether (sulfide) groups is 1. The predicted molar refractivity (Wildman–Crippen MR) is 87.5 cm³/mol. The van der Waals surface area contributed by atoms with Crippen LogP contribution in [0.4, 0.5) is 0 Å². The fourth-order valence-corrected chi connectivity index (χ4v) is 2.34. The molecule has 0 spiro atoms. The van der Waals surface area contributed by atoms with Crippen LogP contribution in [0.2, 0.25) is 0 Å². The summed E-state index contributed by atoms with van der Waals surface area (Å²) in [6.07, 6.45) is 1.86. The highest BCUT2D eigenvalue weighted by Gasteiger charge is 2.09. The summed E-state index contributed by atoms with van der Waals surface area (Å²) in [6, 6.07) is 17.5. The van der Waals surface area contributed by atoms with Gasteiger partial charge in [0.25, 0.3) is 0 Å². The lowest BCUT2D eigenvalue weighted by Crippen LogP contribution is -1.93. The summed E-state index contributed by atoms with van der Waals surface area (Å²) in [6.45, 7) is 5.98. The molecule has 0 saturated heterocycles. The topological polar surface area (TPSA) is 35.2 Å². The van der Waals surface area contributed by atoms with E-state index in [0.717, 1.165) is 27.0 Å². The molecule has 0 bridgehead atoms. The largest absolute Gasteiger partial charge is 0.457 e. The first-order valence-corrected chi connectivity index (χ1v) is 7.13. The van der Waals surface area contributed by atoms with E-state index in [1.807, 2.05) is 67.6 Å². The SMILES string of the molecule is C=C(S/C(N)=C\C)c1ccccc1Oc1ccccc1. The Kier molecular flexibility index (Phi) is 4.91. The second kappa shape index (κ2) is 6.87. The van der Waals surface area contributed by atoms with E-state index in [9.17, 15) is 0 Å². The van der Waals surface area contributed by atoms with Crippen LogP contribution in [-0.4, -0.2) is 0 Å². The van der Waals surface area contributed by atoms with Gasteiger partial charge in [0.2, 0.25) is 0 Å². The second-order valence-electron chi connectivity index (χ2n) is 4.13. The van der Waals surface area contributed by atoms with Crippen LogP contribution in [0.1, 0.15) is 12.5 Å². The maximum Gasteiger partial charge on any atom is 0.135 e. The second-order valence-corrected chi connectivity index (χ2v) is 5.30. The molecule has 0 aliphatic carbocycles. The molecular weight excluding hydrogens is 266 g/mol.